The minimum absolute atomic E-state index is 0.0135. The van der Waals surface area contributed by atoms with Crippen molar-refractivity contribution in [2.24, 2.45) is 10.3 Å². The van der Waals surface area contributed by atoms with Gasteiger partial charge in [-0.2, -0.15) is 8.42 Å². The van der Waals surface area contributed by atoms with E-state index in [4.69, 9.17) is 0 Å². The maximum atomic E-state index is 12.8. The second-order valence-corrected chi connectivity index (χ2v) is 9.76. The lowest BCUT2D eigenvalue weighted by Crippen LogP contribution is -2.45. The molecule has 1 aromatic heterocycles. The molecule has 1 atom stereocenters. The predicted octanol–water partition coefficient (Wildman–Crippen LogP) is 1.70. The van der Waals surface area contributed by atoms with Crippen LogP contribution in [0.15, 0.2) is 39.8 Å². The number of amidine groups is 1. The first-order valence-corrected chi connectivity index (χ1v) is 12.0. The highest BCUT2D eigenvalue weighted by Gasteiger charge is 2.35. The standard InChI is InChI=1S/C21H25N5O3S/c27-21(22-12-16-14-25-10-4-3-9-19(25)23-16)15-6-5-11-26(13-15)20-17-7-1-2-8-18(17)30(28,29)24-20/h1-2,7-8,14-15H,3-6,9-13H2,(H,22,27). The number of imidazole rings is 1. The van der Waals surface area contributed by atoms with Crippen LogP contribution in [-0.4, -0.2) is 47.7 Å². The lowest BCUT2D eigenvalue weighted by Gasteiger charge is -2.33. The van der Waals surface area contributed by atoms with Crippen molar-refractivity contribution in [2.45, 2.75) is 50.1 Å². The summed E-state index contributed by atoms with van der Waals surface area (Å²) in [5.74, 6) is 1.35. The van der Waals surface area contributed by atoms with Gasteiger partial charge in [0, 0.05) is 37.8 Å². The fourth-order valence-electron chi connectivity index (χ4n) is 4.58. The van der Waals surface area contributed by atoms with E-state index < -0.39 is 10.0 Å². The summed E-state index contributed by atoms with van der Waals surface area (Å²) >= 11 is 0. The lowest BCUT2D eigenvalue weighted by atomic mass is 9.96. The summed E-state index contributed by atoms with van der Waals surface area (Å²) in [6.45, 7) is 2.59. The van der Waals surface area contributed by atoms with E-state index >= 15 is 0 Å². The third-order valence-corrected chi connectivity index (χ3v) is 7.43. The van der Waals surface area contributed by atoms with Crippen LogP contribution in [0, 0.1) is 5.92 Å². The van der Waals surface area contributed by atoms with Crippen LogP contribution in [-0.2, 0) is 34.3 Å². The summed E-state index contributed by atoms with van der Waals surface area (Å²) < 4.78 is 30.9. The van der Waals surface area contributed by atoms with Crippen molar-refractivity contribution in [3.63, 3.8) is 0 Å². The van der Waals surface area contributed by atoms with Crippen LogP contribution in [0.25, 0.3) is 0 Å². The molecule has 0 saturated carbocycles. The summed E-state index contributed by atoms with van der Waals surface area (Å²) in [6.07, 6.45) is 6.98. The van der Waals surface area contributed by atoms with Crippen molar-refractivity contribution in [3.05, 3.63) is 47.5 Å². The Balaban J connectivity index is 1.26. The van der Waals surface area contributed by atoms with Crippen molar-refractivity contribution < 1.29 is 13.2 Å². The van der Waals surface area contributed by atoms with Crippen LogP contribution in [0.1, 0.15) is 42.8 Å². The predicted molar refractivity (Wildman–Crippen MR) is 111 cm³/mol. The molecule has 3 aliphatic heterocycles. The van der Waals surface area contributed by atoms with E-state index in [-0.39, 0.29) is 16.7 Å². The normalized spacial score (nSPS) is 22.2. The van der Waals surface area contributed by atoms with E-state index in [9.17, 15) is 13.2 Å². The molecule has 2 aromatic rings. The van der Waals surface area contributed by atoms with E-state index in [0.29, 0.717) is 31.0 Å². The SMILES string of the molecule is O=C(NCc1cn2c(n1)CCCC2)C1CCCN(C2=NS(=O)(=O)c3ccccc32)C1. The van der Waals surface area contributed by atoms with E-state index in [2.05, 4.69) is 19.3 Å². The number of hydrogen-bond donors (Lipinski definition) is 1. The van der Waals surface area contributed by atoms with Crippen LogP contribution >= 0.6 is 0 Å². The van der Waals surface area contributed by atoms with Crippen molar-refractivity contribution in [2.75, 3.05) is 13.1 Å². The zero-order chi connectivity index (χ0) is 20.7. The number of amides is 1. The number of aromatic nitrogens is 2. The molecule has 8 nitrogen and oxygen atoms in total. The molecule has 0 radical (unpaired) electrons. The molecule has 0 aliphatic carbocycles. The Hall–Kier alpha value is -2.68. The number of rotatable bonds is 3. The average molecular weight is 428 g/mol. The molecule has 30 heavy (non-hydrogen) atoms. The summed E-state index contributed by atoms with van der Waals surface area (Å²) in [7, 11) is -3.65. The first-order valence-electron chi connectivity index (χ1n) is 10.5. The van der Waals surface area contributed by atoms with Gasteiger partial charge >= 0.3 is 0 Å². The van der Waals surface area contributed by atoms with Crippen molar-refractivity contribution in [3.8, 4) is 0 Å². The zero-order valence-corrected chi connectivity index (χ0v) is 17.6. The summed E-state index contributed by atoms with van der Waals surface area (Å²) in [4.78, 5) is 19.6. The lowest BCUT2D eigenvalue weighted by molar-refractivity contribution is -0.126. The zero-order valence-electron chi connectivity index (χ0n) is 16.7. The van der Waals surface area contributed by atoms with Gasteiger partial charge in [0.1, 0.15) is 10.7 Å². The summed E-state index contributed by atoms with van der Waals surface area (Å²) in [6, 6.07) is 6.88. The molecule has 9 heteroatoms. The third kappa shape index (κ3) is 3.51. The van der Waals surface area contributed by atoms with E-state index in [1.165, 1.54) is 12.8 Å². The van der Waals surface area contributed by atoms with Gasteiger partial charge < -0.3 is 14.8 Å². The van der Waals surface area contributed by atoms with Crippen LogP contribution in [0.2, 0.25) is 0 Å². The smallest absolute Gasteiger partial charge is 0.285 e. The van der Waals surface area contributed by atoms with Crippen LogP contribution in [0.5, 0.6) is 0 Å². The van der Waals surface area contributed by atoms with Gasteiger partial charge in [-0.1, -0.05) is 12.1 Å². The number of aryl methyl sites for hydroxylation is 2. The number of benzene rings is 1. The number of fused-ring (bicyclic) bond motifs is 2. The number of likely N-dealkylation sites (tertiary alicyclic amines) is 1. The fourth-order valence-corrected chi connectivity index (χ4v) is 5.81. The fraction of sp³-hybridized carbons (Fsp3) is 0.476. The Morgan fingerprint density at radius 2 is 2.03 bits per heavy atom. The molecule has 1 unspecified atom stereocenters. The van der Waals surface area contributed by atoms with Crippen LogP contribution < -0.4 is 5.32 Å². The van der Waals surface area contributed by atoms with Gasteiger partial charge in [-0.15, -0.1) is 4.40 Å². The number of hydrogen-bond acceptors (Lipinski definition) is 5. The highest BCUT2D eigenvalue weighted by molar-refractivity contribution is 7.90. The molecular formula is C21H25N5O3S. The molecular weight excluding hydrogens is 402 g/mol. The van der Waals surface area contributed by atoms with Gasteiger partial charge in [0.25, 0.3) is 10.0 Å². The van der Waals surface area contributed by atoms with E-state index in [0.717, 1.165) is 37.3 Å². The Kier molecular flexibility index (Phi) is 4.85. The topological polar surface area (TPSA) is 96.7 Å². The molecule has 4 heterocycles. The van der Waals surface area contributed by atoms with Crippen molar-refractivity contribution in [1.29, 1.82) is 0 Å². The van der Waals surface area contributed by atoms with Gasteiger partial charge in [-0.3, -0.25) is 4.79 Å². The number of piperidine rings is 1. The highest BCUT2D eigenvalue weighted by atomic mass is 32.2. The number of nitrogens with one attached hydrogen (secondary N) is 1. The molecule has 0 spiro atoms. The molecule has 1 fully saturated rings. The molecule has 0 bridgehead atoms. The van der Waals surface area contributed by atoms with E-state index in [1.54, 1.807) is 18.2 Å². The number of carbonyl (C=O) groups is 1. The van der Waals surface area contributed by atoms with Crippen molar-refractivity contribution in [1.82, 2.24) is 19.8 Å². The van der Waals surface area contributed by atoms with E-state index in [1.807, 2.05) is 17.2 Å². The number of carbonyl (C=O) groups excluding carboxylic acids is 1. The Morgan fingerprint density at radius 3 is 2.90 bits per heavy atom. The minimum atomic E-state index is -3.65. The molecule has 1 aromatic carbocycles. The van der Waals surface area contributed by atoms with Crippen LogP contribution in [0.4, 0.5) is 0 Å². The second kappa shape index (κ2) is 7.54. The summed E-state index contributed by atoms with van der Waals surface area (Å²) in [5, 5.41) is 3.02. The first-order chi connectivity index (χ1) is 14.5. The molecule has 3 aliphatic rings. The molecule has 158 valence electrons. The third-order valence-electron chi connectivity index (χ3n) is 6.11. The minimum Gasteiger partial charge on any atom is -0.355 e. The maximum absolute atomic E-state index is 12.8. The van der Waals surface area contributed by atoms with Crippen molar-refractivity contribution >= 4 is 21.8 Å². The Bertz CT molecular complexity index is 1100. The molecule has 1 amide bonds. The largest absolute Gasteiger partial charge is 0.355 e. The van der Waals surface area contributed by atoms with Gasteiger partial charge in [0.15, 0.2) is 5.84 Å². The average Bonchev–Trinajstić information content (AvgIpc) is 3.30. The quantitative estimate of drug-likeness (QED) is 0.804. The van der Waals surface area contributed by atoms with Gasteiger partial charge in [-0.25, -0.2) is 4.98 Å². The molecule has 5 rings (SSSR count). The maximum Gasteiger partial charge on any atom is 0.285 e. The Labute approximate surface area is 176 Å². The first kappa shape index (κ1) is 19.3. The highest BCUT2D eigenvalue weighted by Crippen LogP contribution is 2.29. The monoisotopic (exact) mass is 427 g/mol. The van der Waals surface area contributed by atoms with Gasteiger partial charge in [-0.05, 0) is 37.8 Å². The number of sulfonamides is 1. The van der Waals surface area contributed by atoms with Crippen LogP contribution in [0.3, 0.4) is 0 Å². The molecule has 1 saturated heterocycles. The number of nitrogens with zero attached hydrogens (tertiary/aromatic N) is 4. The van der Waals surface area contributed by atoms with Gasteiger partial charge in [0.05, 0.1) is 18.2 Å². The summed E-state index contributed by atoms with van der Waals surface area (Å²) in [5.41, 5.74) is 1.52. The Morgan fingerprint density at radius 1 is 1.17 bits per heavy atom. The second-order valence-electron chi connectivity index (χ2n) is 8.19. The molecule has 1 N–H and O–H groups in total. The van der Waals surface area contributed by atoms with Gasteiger partial charge in [0.2, 0.25) is 5.91 Å².